The first kappa shape index (κ1) is 18.5. The van der Waals surface area contributed by atoms with Crippen LogP contribution in [0, 0.1) is 20.8 Å². The van der Waals surface area contributed by atoms with Gasteiger partial charge in [-0.25, -0.2) is 9.67 Å². The van der Waals surface area contributed by atoms with Gasteiger partial charge in [0.05, 0.1) is 26.5 Å². The molecule has 3 aromatic rings. The molecule has 8 heteroatoms. The van der Waals surface area contributed by atoms with E-state index in [1.165, 1.54) is 0 Å². The molecule has 0 fully saturated rings. The van der Waals surface area contributed by atoms with Gasteiger partial charge in [-0.1, -0.05) is 0 Å². The molecule has 0 saturated carbocycles. The highest BCUT2D eigenvalue weighted by Crippen LogP contribution is 2.25. The molecule has 0 aliphatic rings. The second-order valence-corrected chi connectivity index (χ2v) is 6.08. The summed E-state index contributed by atoms with van der Waals surface area (Å²) in [4.78, 5) is 8.90. The Hall–Kier alpha value is -3.29. The maximum Gasteiger partial charge on any atom is 0.253 e. The van der Waals surface area contributed by atoms with Crippen LogP contribution in [-0.4, -0.2) is 34.0 Å². The van der Waals surface area contributed by atoms with Gasteiger partial charge in [-0.05, 0) is 39.0 Å². The zero-order valence-corrected chi connectivity index (χ0v) is 16.1. The van der Waals surface area contributed by atoms with Gasteiger partial charge in [0, 0.05) is 29.1 Å². The highest BCUT2D eigenvalue weighted by atomic mass is 16.5. The van der Waals surface area contributed by atoms with Gasteiger partial charge in [0.2, 0.25) is 0 Å². The van der Waals surface area contributed by atoms with E-state index in [9.17, 15) is 0 Å². The molecule has 0 saturated heterocycles. The van der Waals surface area contributed by atoms with Gasteiger partial charge in [-0.3, -0.25) is 0 Å². The molecule has 0 aliphatic carbocycles. The second-order valence-electron chi connectivity index (χ2n) is 6.08. The Balaban J connectivity index is 1.83. The molecule has 1 aromatic carbocycles. The van der Waals surface area contributed by atoms with Crippen LogP contribution in [0.2, 0.25) is 0 Å². The normalized spacial score (nSPS) is 11.1. The van der Waals surface area contributed by atoms with E-state index in [1.807, 2.05) is 45.0 Å². The first-order valence-electron chi connectivity index (χ1n) is 8.48. The summed E-state index contributed by atoms with van der Waals surface area (Å²) in [6.07, 6.45) is 0. The molecule has 0 N–H and O–H groups in total. The summed E-state index contributed by atoms with van der Waals surface area (Å²) in [6, 6.07) is 9.35. The Labute approximate surface area is 157 Å². The fourth-order valence-corrected chi connectivity index (χ4v) is 2.68. The topological polar surface area (TPSA) is 86.8 Å². The Kier molecular flexibility index (Phi) is 5.44. The van der Waals surface area contributed by atoms with E-state index in [1.54, 1.807) is 25.0 Å². The van der Waals surface area contributed by atoms with Crippen LogP contribution in [0.1, 0.15) is 22.6 Å². The highest BCUT2D eigenvalue weighted by molar-refractivity contribution is 5.40. The van der Waals surface area contributed by atoms with E-state index >= 15 is 0 Å². The molecule has 0 bridgehead atoms. The van der Waals surface area contributed by atoms with Crippen molar-refractivity contribution < 1.29 is 9.47 Å². The summed E-state index contributed by atoms with van der Waals surface area (Å²) in [5, 5.41) is 12.9. The lowest BCUT2D eigenvalue weighted by molar-refractivity contribution is 0.391. The molecule has 3 rings (SSSR count). The summed E-state index contributed by atoms with van der Waals surface area (Å²) >= 11 is 0. The van der Waals surface area contributed by atoms with Crippen LogP contribution in [0.4, 0.5) is 5.82 Å². The number of hydrogen-bond donors (Lipinski definition) is 0. The Morgan fingerprint density at radius 1 is 0.963 bits per heavy atom. The van der Waals surface area contributed by atoms with Crippen molar-refractivity contribution in [2.45, 2.75) is 27.3 Å². The van der Waals surface area contributed by atoms with Gasteiger partial charge in [0.1, 0.15) is 11.5 Å². The van der Waals surface area contributed by atoms with Crippen LogP contribution in [0.3, 0.4) is 0 Å². The molecule has 2 heterocycles. The van der Waals surface area contributed by atoms with Crippen molar-refractivity contribution in [3.05, 3.63) is 53.0 Å². The van der Waals surface area contributed by atoms with Crippen LogP contribution in [-0.2, 0) is 6.54 Å². The Morgan fingerprint density at radius 3 is 2.44 bits per heavy atom. The summed E-state index contributed by atoms with van der Waals surface area (Å²) in [7, 11) is 3.23. The van der Waals surface area contributed by atoms with E-state index in [0.29, 0.717) is 24.1 Å². The van der Waals surface area contributed by atoms with Crippen molar-refractivity contribution in [3.8, 4) is 17.4 Å². The predicted molar refractivity (Wildman–Crippen MR) is 101 cm³/mol. The lowest BCUT2D eigenvalue weighted by atomic mass is 10.2. The van der Waals surface area contributed by atoms with Gasteiger partial charge < -0.3 is 9.47 Å². The van der Waals surface area contributed by atoms with Crippen LogP contribution >= 0.6 is 0 Å². The van der Waals surface area contributed by atoms with Crippen LogP contribution in [0.15, 0.2) is 40.6 Å². The van der Waals surface area contributed by atoms with Gasteiger partial charge in [0.15, 0.2) is 5.82 Å². The molecule has 0 atom stereocenters. The second kappa shape index (κ2) is 7.94. The lowest BCUT2D eigenvalue weighted by Crippen LogP contribution is -2.05. The Morgan fingerprint density at radius 2 is 1.78 bits per heavy atom. The number of rotatable bonds is 6. The molecule has 0 amide bonds. The minimum atomic E-state index is 0.367. The number of aryl methyl sites for hydroxylation is 3. The maximum absolute atomic E-state index is 5.38. The quantitative estimate of drug-likeness (QED) is 0.618. The number of benzene rings is 1. The third-order valence-electron chi connectivity index (χ3n) is 3.94. The molecular weight excluding hydrogens is 344 g/mol. The smallest absolute Gasteiger partial charge is 0.253 e. The van der Waals surface area contributed by atoms with Crippen LogP contribution in [0.5, 0.6) is 11.5 Å². The lowest BCUT2D eigenvalue weighted by Gasteiger charge is -2.08. The maximum atomic E-state index is 5.38. The monoisotopic (exact) mass is 366 g/mol. The predicted octanol–water partition coefficient (Wildman–Crippen LogP) is 3.89. The summed E-state index contributed by atoms with van der Waals surface area (Å²) in [5.74, 6) is 2.40. The number of aromatic nitrogens is 4. The first-order valence-corrected chi connectivity index (χ1v) is 8.48. The molecule has 2 aromatic heterocycles. The average molecular weight is 366 g/mol. The van der Waals surface area contributed by atoms with Crippen molar-refractivity contribution in [2.75, 3.05) is 14.2 Å². The molecule has 27 heavy (non-hydrogen) atoms. The van der Waals surface area contributed by atoms with E-state index in [4.69, 9.17) is 9.47 Å². The third kappa shape index (κ3) is 4.28. The number of methoxy groups -OCH3 is 2. The summed E-state index contributed by atoms with van der Waals surface area (Å²) in [6.45, 7) is 6.15. The van der Waals surface area contributed by atoms with Gasteiger partial charge in [0.25, 0.3) is 5.95 Å². The van der Waals surface area contributed by atoms with Crippen molar-refractivity contribution in [2.24, 2.45) is 10.2 Å². The van der Waals surface area contributed by atoms with Crippen molar-refractivity contribution in [1.82, 2.24) is 19.7 Å². The van der Waals surface area contributed by atoms with E-state index in [0.717, 1.165) is 28.4 Å². The third-order valence-corrected chi connectivity index (χ3v) is 3.94. The molecule has 0 aliphatic heterocycles. The van der Waals surface area contributed by atoms with Crippen molar-refractivity contribution in [3.63, 3.8) is 0 Å². The molecule has 8 nitrogen and oxygen atoms in total. The van der Waals surface area contributed by atoms with Crippen LogP contribution in [0.25, 0.3) is 5.95 Å². The summed E-state index contributed by atoms with van der Waals surface area (Å²) < 4.78 is 12.3. The zero-order valence-electron chi connectivity index (χ0n) is 16.1. The van der Waals surface area contributed by atoms with Gasteiger partial charge >= 0.3 is 0 Å². The van der Waals surface area contributed by atoms with Gasteiger partial charge in [-0.15, -0.1) is 5.11 Å². The minimum Gasteiger partial charge on any atom is -0.497 e. The highest BCUT2D eigenvalue weighted by Gasteiger charge is 2.09. The van der Waals surface area contributed by atoms with Crippen molar-refractivity contribution in [1.29, 1.82) is 0 Å². The number of nitrogens with zero attached hydrogens (tertiary/aromatic N) is 6. The van der Waals surface area contributed by atoms with Gasteiger partial charge in [-0.2, -0.15) is 15.2 Å². The van der Waals surface area contributed by atoms with E-state index < -0.39 is 0 Å². The SMILES string of the molecule is COc1ccc(CN=Nc2cc(C)nc(-n3nc(C)cc3C)n2)c(OC)c1. The minimum absolute atomic E-state index is 0.367. The molecule has 140 valence electrons. The fourth-order valence-electron chi connectivity index (χ4n) is 2.68. The average Bonchev–Trinajstić information content (AvgIpc) is 2.99. The molecule has 0 spiro atoms. The molecule has 0 radical (unpaired) electrons. The number of ether oxygens (including phenoxy) is 2. The number of hydrogen-bond acceptors (Lipinski definition) is 7. The molecule has 0 unspecified atom stereocenters. The van der Waals surface area contributed by atoms with Crippen LogP contribution < -0.4 is 9.47 Å². The first-order chi connectivity index (χ1) is 13.0. The Bertz CT molecular complexity index is 980. The largest absolute Gasteiger partial charge is 0.497 e. The fraction of sp³-hybridized carbons (Fsp3) is 0.316. The van der Waals surface area contributed by atoms with E-state index in [-0.39, 0.29) is 0 Å². The summed E-state index contributed by atoms with van der Waals surface area (Å²) in [5.41, 5.74) is 3.58. The van der Waals surface area contributed by atoms with E-state index in [2.05, 4.69) is 25.3 Å². The molecular formula is C19H22N6O2. The zero-order chi connectivity index (χ0) is 19.4. The van der Waals surface area contributed by atoms with Crippen molar-refractivity contribution >= 4 is 5.82 Å². The number of azo groups is 1. The standard InChI is InChI=1S/C19H22N6O2/c1-12-9-18(22-19(21-12)25-14(3)8-13(2)24-25)23-20-11-15-6-7-16(26-4)10-17(15)27-5/h6-10H,11H2,1-5H3.